The Hall–Kier alpha value is -2.14. The molecule has 1 amide bonds. The summed E-state index contributed by atoms with van der Waals surface area (Å²) in [7, 11) is 0. The second-order valence-electron chi connectivity index (χ2n) is 10.6. The third-order valence-corrected chi connectivity index (χ3v) is 6.94. The van der Waals surface area contributed by atoms with Gasteiger partial charge in [-0.3, -0.25) is 14.5 Å². The molecular weight excluding hydrogens is 388 g/mol. The van der Waals surface area contributed by atoms with E-state index in [1.807, 2.05) is 52.0 Å². The van der Waals surface area contributed by atoms with Gasteiger partial charge in [-0.25, -0.2) is 0 Å². The lowest BCUT2D eigenvalue weighted by atomic mass is 9.86. The van der Waals surface area contributed by atoms with Gasteiger partial charge in [0.1, 0.15) is 5.58 Å². The highest BCUT2D eigenvalue weighted by atomic mass is 16.3. The number of carbonyl (C=O) groups is 2. The number of amides is 1. The van der Waals surface area contributed by atoms with Crippen LogP contribution in [0.3, 0.4) is 0 Å². The van der Waals surface area contributed by atoms with Gasteiger partial charge in [0, 0.05) is 35.0 Å². The fourth-order valence-corrected chi connectivity index (χ4v) is 5.61. The summed E-state index contributed by atoms with van der Waals surface area (Å²) in [5.41, 5.74) is 1.57. The summed E-state index contributed by atoms with van der Waals surface area (Å²) in [6.45, 7) is 8.57. The Kier molecular flexibility index (Phi) is 6.25. The number of hydrogen-bond acceptors (Lipinski definition) is 4. The maximum atomic E-state index is 12.8. The number of hydrogen-bond donors (Lipinski definition) is 1. The number of piperidine rings is 1. The summed E-state index contributed by atoms with van der Waals surface area (Å²) in [4.78, 5) is 27.6. The Morgan fingerprint density at radius 2 is 1.81 bits per heavy atom. The summed E-state index contributed by atoms with van der Waals surface area (Å²) < 4.78 is 5.84. The van der Waals surface area contributed by atoms with Crippen LogP contribution in [0.4, 0.5) is 0 Å². The van der Waals surface area contributed by atoms with Crippen LogP contribution in [0, 0.1) is 12.8 Å². The molecular formula is C26H36N2O3. The molecule has 5 heteroatoms. The Bertz CT molecular complexity index is 941. The molecule has 0 radical (unpaired) electrons. The van der Waals surface area contributed by atoms with Gasteiger partial charge in [-0.15, -0.1) is 0 Å². The molecule has 1 aromatic carbocycles. The number of furan rings is 1. The summed E-state index contributed by atoms with van der Waals surface area (Å²) in [6.07, 6.45) is 7.23. The van der Waals surface area contributed by atoms with Gasteiger partial charge in [-0.2, -0.15) is 0 Å². The van der Waals surface area contributed by atoms with E-state index < -0.39 is 0 Å². The van der Waals surface area contributed by atoms with Gasteiger partial charge in [-0.1, -0.05) is 18.2 Å². The number of para-hydroxylation sites is 1. The average molecular weight is 425 g/mol. The number of rotatable bonds is 7. The molecule has 2 aliphatic rings. The van der Waals surface area contributed by atoms with E-state index in [0.29, 0.717) is 36.7 Å². The molecule has 3 atom stereocenters. The van der Waals surface area contributed by atoms with Crippen LogP contribution in [0.2, 0.25) is 0 Å². The molecule has 2 fully saturated rings. The molecule has 5 nitrogen and oxygen atoms in total. The lowest BCUT2D eigenvalue weighted by molar-refractivity contribution is -0.125. The minimum Gasteiger partial charge on any atom is -0.453 e. The third-order valence-electron chi connectivity index (χ3n) is 6.94. The van der Waals surface area contributed by atoms with E-state index >= 15 is 0 Å². The number of Topliss-reactive ketones (excluding diaryl/α,β-unsaturated/α-hetero) is 1. The number of ketones is 1. The van der Waals surface area contributed by atoms with Crippen LogP contribution in [0.25, 0.3) is 11.0 Å². The van der Waals surface area contributed by atoms with Gasteiger partial charge in [0.2, 0.25) is 5.91 Å². The zero-order chi connectivity index (χ0) is 22.2. The van der Waals surface area contributed by atoms with Crippen molar-refractivity contribution in [2.75, 3.05) is 6.54 Å². The summed E-state index contributed by atoms with van der Waals surface area (Å²) in [5.74, 6) is 1.44. The molecule has 1 aromatic heterocycles. The van der Waals surface area contributed by atoms with Crippen molar-refractivity contribution in [3.05, 3.63) is 35.6 Å². The number of fused-ring (bicyclic) bond motifs is 3. The van der Waals surface area contributed by atoms with E-state index in [9.17, 15) is 9.59 Å². The fourth-order valence-electron chi connectivity index (χ4n) is 5.61. The SMILES string of the molecule is Cc1c(C(=O)CCCC2CC3CC[C@H](C2)N3CC(=O)NC(C)(C)C)oc2ccccc12. The normalized spacial score (nSPS) is 23.9. The molecule has 3 heterocycles. The van der Waals surface area contributed by atoms with Crippen molar-refractivity contribution in [3.63, 3.8) is 0 Å². The molecule has 31 heavy (non-hydrogen) atoms. The number of benzene rings is 1. The Morgan fingerprint density at radius 3 is 2.45 bits per heavy atom. The average Bonchev–Trinajstić information content (AvgIpc) is 3.13. The fraction of sp³-hybridized carbons (Fsp3) is 0.615. The molecule has 0 saturated carbocycles. The van der Waals surface area contributed by atoms with E-state index in [2.05, 4.69) is 10.2 Å². The van der Waals surface area contributed by atoms with E-state index in [0.717, 1.165) is 42.2 Å². The highest BCUT2D eigenvalue weighted by Crippen LogP contribution is 2.40. The van der Waals surface area contributed by atoms with Crippen molar-refractivity contribution in [3.8, 4) is 0 Å². The minimum absolute atomic E-state index is 0.118. The van der Waals surface area contributed by atoms with Crippen LogP contribution in [0.1, 0.15) is 81.8 Å². The first-order valence-corrected chi connectivity index (χ1v) is 11.8. The Morgan fingerprint density at radius 1 is 1.13 bits per heavy atom. The first-order chi connectivity index (χ1) is 14.7. The van der Waals surface area contributed by atoms with Crippen molar-refractivity contribution < 1.29 is 14.0 Å². The number of nitrogens with one attached hydrogen (secondary N) is 1. The smallest absolute Gasteiger partial charge is 0.234 e. The lowest BCUT2D eigenvalue weighted by Crippen LogP contribution is -2.51. The van der Waals surface area contributed by atoms with E-state index in [1.54, 1.807) is 0 Å². The van der Waals surface area contributed by atoms with Gasteiger partial charge in [-0.05, 0) is 78.2 Å². The third kappa shape index (κ3) is 5.03. The largest absolute Gasteiger partial charge is 0.453 e. The molecule has 0 spiro atoms. The molecule has 1 N–H and O–H groups in total. The molecule has 2 saturated heterocycles. The number of carbonyl (C=O) groups excluding carboxylic acids is 2. The van der Waals surface area contributed by atoms with Crippen LogP contribution in [-0.4, -0.2) is 40.8 Å². The molecule has 2 unspecified atom stereocenters. The number of aryl methyl sites for hydroxylation is 1. The first kappa shape index (κ1) is 22.1. The monoisotopic (exact) mass is 424 g/mol. The van der Waals surface area contributed by atoms with Crippen LogP contribution in [-0.2, 0) is 4.79 Å². The second kappa shape index (κ2) is 8.78. The van der Waals surface area contributed by atoms with E-state index in [-0.39, 0.29) is 17.2 Å². The zero-order valence-electron chi connectivity index (χ0n) is 19.4. The maximum absolute atomic E-state index is 12.8. The van der Waals surface area contributed by atoms with E-state index in [4.69, 9.17) is 4.42 Å². The Balaban J connectivity index is 1.27. The zero-order valence-corrected chi connectivity index (χ0v) is 19.4. The maximum Gasteiger partial charge on any atom is 0.234 e. The molecule has 0 aliphatic carbocycles. The standard InChI is InChI=1S/C26H36N2O3/c1-17-21-9-5-6-11-23(21)31-25(17)22(29)10-7-8-18-14-19-12-13-20(15-18)28(19)16-24(30)27-26(2,3)4/h5-6,9,11,18-20H,7-8,10,12-16H2,1-4H3,(H,27,30)/t18?,19-,20?/m1/s1. The van der Waals surface area contributed by atoms with Crippen molar-refractivity contribution in [1.29, 1.82) is 0 Å². The van der Waals surface area contributed by atoms with Crippen LogP contribution < -0.4 is 5.32 Å². The van der Waals surface area contributed by atoms with Crippen LogP contribution in [0.5, 0.6) is 0 Å². The lowest BCUT2D eigenvalue weighted by Gasteiger charge is -2.39. The molecule has 2 bridgehead atoms. The summed E-state index contributed by atoms with van der Waals surface area (Å²) in [6, 6.07) is 8.88. The first-order valence-electron chi connectivity index (χ1n) is 11.8. The highest BCUT2D eigenvalue weighted by molar-refractivity contribution is 6.00. The second-order valence-corrected chi connectivity index (χ2v) is 10.6. The van der Waals surface area contributed by atoms with Crippen molar-refractivity contribution >= 4 is 22.7 Å². The molecule has 168 valence electrons. The van der Waals surface area contributed by atoms with Crippen LogP contribution in [0.15, 0.2) is 28.7 Å². The molecule has 2 aliphatic heterocycles. The predicted molar refractivity (Wildman–Crippen MR) is 123 cm³/mol. The topological polar surface area (TPSA) is 62.6 Å². The molecule has 2 aromatic rings. The van der Waals surface area contributed by atoms with Gasteiger partial charge in [0.05, 0.1) is 6.54 Å². The van der Waals surface area contributed by atoms with Crippen LogP contribution >= 0.6 is 0 Å². The minimum atomic E-state index is -0.181. The van der Waals surface area contributed by atoms with Crippen molar-refractivity contribution in [1.82, 2.24) is 10.2 Å². The number of nitrogens with zero attached hydrogens (tertiary/aromatic N) is 1. The summed E-state index contributed by atoms with van der Waals surface area (Å²) >= 11 is 0. The highest BCUT2D eigenvalue weighted by Gasteiger charge is 2.41. The Labute approximate surface area is 185 Å². The van der Waals surface area contributed by atoms with Gasteiger partial charge >= 0.3 is 0 Å². The predicted octanol–water partition coefficient (Wildman–Crippen LogP) is 5.25. The van der Waals surface area contributed by atoms with Gasteiger partial charge < -0.3 is 9.73 Å². The van der Waals surface area contributed by atoms with Crippen molar-refractivity contribution in [2.24, 2.45) is 5.92 Å². The van der Waals surface area contributed by atoms with E-state index in [1.165, 1.54) is 12.8 Å². The van der Waals surface area contributed by atoms with Gasteiger partial charge in [0.25, 0.3) is 0 Å². The van der Waals surface area contributed by atoms with Crippen molar-refractivity contribution in [2.45, 2.75) is 90.3 Å². The summed E-state index contributed by atoms with van der Waals surface area (Å²) in [5, 5.41) is 4.13. The molecule has 4 rings (SSSR count). The quantitative estimate of drug-likeness (QED) is 0.617. The van der Waals surface area contributed by atoms with Gasteiger partial charge in [0.15, 0.2) is 11.5 Å².